The van der Waals surface area contributed by atoms with Gasteiger partial charge in [0, 0.05) is 16.8 Å². The van der Waals surface area contributed by atoms with Gasteiger partial charge in [-0.25, -0.2) is 9.37 Å². The quantitative estimate of drug-likeness (QED) is 0.529. The molecule has 1 heterocycles. The second-order valence-electron chi connectivity index (χ2n) is 5.70. The van der Waals surface area contributed by atoms with E-state index in [1.165, 1.54) is 23.5 Å². The summed E-state index contributed by atoms with van der Waals surface area (Å²) in [6.07, 6.45) is 0.223. The number of nitrogens with one attached hydrogen (secondary N) is 1. The molecule has 140 valence electrons. The van der Waals surface area contributed by atoms with Gasteiger partial charge in [0.25, 0.3) is 0 Å². The van der Waals surface area contributed by atoms with Gasteiger partial charge in [-0.2, -0.15) is 0 Å². The van der Waals surface area contributed by atoms with Crippen LogP contribution in [0.1, 0.15) is 18.2 Å². The second-order valence-corrected chi connectivity index (χ2v) is 7.78. The summed E-state index contributed by atoms with van der Waals surface area (Å²) in [5, 5.41) is 4.75. The Kier molecular flexibility index (Phi) is 6.84. The topological polar surface area (TPSA) is 51.2 Å². The Balaban J connectivity index is 1.49. The highest BCUT2D eigenvalue weighted by molar-refractivity contribution is 8.00. The lowest BCUT2D eigenvalue weighted by Gasteiger charge is -2.06. The highest BCUT2D eigenvalue weighted by Crippen LogP contribution is 2.26. The number of carbonyl (C=O) groups excluding carboxylic acids is 1. The molecule has 0 aliphatic carbocycles. The van der Waals surface area contributed by atoms with E-state index < -0.39 is 0 Å². The maximum Gasteiger partial charge on any atom is 0.230 e. The number of hydrogen-bond donors (Lipinski definition) is 1. The van der Waals surface area contributed by atoms with Gasteiger partial charge < -0.3 is 10.1 Å². The maximum absolute atomic E-state index is 12.9. The van der Waals surface area contributed by atoms with Crippen LogP contribution >= 0.6 is 23.1 Å². The van der Waals surface area contributed by atoms with E-state index in [0.29, 0.717) is 12.4 Å². The lowest BCUT2D eigenvalue weighted by atomic mass is 10.2. The van der Waals surface area contributed by atoms with E-state index in [2.05, 4.69) is 10.3 Å². The molecule has 0 saturated heterocycles. The first kappa shape index (κ1) is 19.4. The van der Waals surface area contributed by atoms with Gasteiger partial charge in [0.2, 0.25) is 5.91 Å². The number of thioether (sulfide) groups is 1. The number of aromatic nitrogens is 1. The maximum atomic E-state index is 12.9. The second kappa shape index (κ2) is 9.53. The molecule has 1 amide bonds. The predicted molar refractivity (Wildman–Crippen MR) is 108 cm³/mol. The van der Waals surface area contributed by atoms with Crippen LogP contribution < -0.4 is 10.1 Å². The number of amides is 1. The minimum atomic E-state index is -0.237. The first-order chi connectivity index (χ1) is 13.1. The Morgan fingerprint density at radius 1 is 1.19 bits per heavy atom. The van der Waals surface area contributed by atoms with Crippen molar-refractivity contribution < 1.29 is 13.9 Å². The molecule has 4 nitrogen and oxygen atoms in total. The zero-order valence-electron chi connectivity index (χ0n) is 14.8. The Morgan fingerprint density at radius 3 is 2.63 bits per heavy atom. The molecule has 27 heavy (non-hydrogen) atoms. The Bertz CT molecular complexity index is 880. The molecule has 0 saturated carbocycles. The van der Waals surface area contributed by atoms with Crippen molar-refractivity contribution in [1.29, 1.82) is 0 Å². The van der Waals surface area contributed by atoms with E-state index in [1.54, 1.807) is 23.9 Å². The van der Waals surface area contributed by atoms with Crippen LogP contribution in [0, 0.1) is 5.82 Å². The number of rotatable bonds is 8. The molecule has 0 spiro atoms. The number of anilines is 1. The van der Waals surface area contributed by atoms with Crippen molar-refractivity contribution in [1.82, 2.24) is 4.98 Å². The van der Waals surface area contributed by atoms with Crippen LogP contribution in [0.3, 0.4) is 0 Å². The van der Waals surface area contributed by atoms with Gasteiger partial charge in [-0.15, -0.1) is 11.3 Å². The average Bonchev–Trinajstić information content (AvgIpc) is 3.10. The number of hydrogen-bond acceptors (Lipinski definition) is 5. The molecule has 3 rings (SSSR count). The molecule has 0 radical (unpaired) electrons. The number of nitrogens with zero attached hydrogens (tertiary/aromatic N) is 1. The van der Waals surface area contributed by atoms with Crippen LogP contribution in [-0.4, -0.2) is 17.5 Å². The molecule has 0 atom stereocenters. The highest BCUT2D eigenvalue weighted by Gasteiger charge is 2.09. The monoisotopic (exact) mass is 402 g/mol. The summed E-state index contributed by atoms with van der Waals surface area (Å²) >= 11 is 3.09. The number of benzene rings is 2. The molecule has 3 aromatic rings. The molecular formula is C20H19FN2O2S2. The fourth-order valence-corrected chi connectivity index (χ4v) is 4.13. The van der Waals surface area contributed by atoms with E-state index in [1.807, 2.05) is 36.6 Å². The summed E-state index contributed by atoms with van der Waals surface area (Å²) in [5.74, 6) is 1.14. The van der Waals surface area contributed by atoms with Gasteiger partial charge in [0.05, 0.1) is 18.7 Å². The van der Waals surface area contributed by atoms with Crippen molar-refractivity contribution in [2.75, 3.05) is 11.9 Å². The van der Waals surface area contributed by atoms with Gasteiger partial charge in [-0.05, 0) is 48.9 Å². The van der Waals surface area contributed by atoms with Crippen molar-refractivity contribution in [3.8, 4) is 5.75 Å². The standard InChI is InChI=1S/C20H19FN2O2S2/c1-2-25-18-9-7-16(8-10-18)22-19(24)11-17-13-27-20(23-17)26-12-14-3-5-15(21)6-4-14/h3-10,13H,2,11-12H2,1H3,(H,22,24). The first-order valence-electron chi connectivity index (χ1n) is 8.46. The van der Waals surface area contributed by atoms with Crippen LogP contribution in [0.15, 0.2) is 58.3 Å². The van der Waals surface area contributed by atoms with Crippen molar-refractivity contribution in [3.05, 3.63) is 71.0 Å². The molecule has 0 unspecified atom stereocenters. The van der Waals surface area contributed by atoms with Gasteiger partial charge in [0.15, 0.2) is 0 Å². The van der Waals surface area contributed by atoms with Crippen LogP contribution in [0.25, 0.3) is 0 Å². The molecule has 1 N–H and O–H groups in total. The van der Waals surface area contributed by atoms with Crippen LogP contribution in [0.2, 0.25) is 0 Å². The van der Waals surface area contributed by atoms with E-state index in [0.717, 1.165) is 27.0 Å². The third-order valence-corrected chi connectivity index (χ3v) is 5.74. The molecule has 0 aliphatic heterocycles. The number of halogens is 1. The average molecular weight is 403 g/mol. The van der Waals surface area contributed by atoms with E-state index >= 15 is 0 Å². The van der Waals surface area contributed by atoms with Gasteiger partial charge >= 0.3 is 0 Å². The number of carbonyl (C=O) groups is 1. The Labute approximate surface area is 165 Å². The lowest BCUT2D eigenvalue weighted by Crippen LogP contribution is -2.14. The van der Waals surface area contributed by atoms with Gasteiger partial charge in [-0.3, -0.25) is 4.79 Å². The Morgan fingerprint density at radius 2 is 1.93 bits per heavy atom. The summed E-state index contributed by atoms with van der Waals surface area (Å²) in [5.41, 5.74) is 2.50. The third kappa shape index (κ3) is 6.08. The zero-order chi connectivity index (χ0) is 19.1. The number of ether oxygens (including phenoxy) is 1. The minimum Gasteiger partial charge on any atom is -0.494 e. The van der Waals surface area contributed by atoms with Crippen molar-refractivity contribution in [2.24, 2.45) is 0 Å². The molecular weight excluding hydrogens is 383 g/mol. The SMILES string of the molecule is CCOc1ccc(NC(=O)Cc2csc(SCc3ccc(F)cc3)n2)cc1. The summed E-state index contributed by atoms with van der Waals surface area (Å²) in [7, 11) is 0. The largest absolute Gasteiger partial charge is 0.494 e. The normalized spacial score (nSPS) is 10.6. The highest BCUT2D eigenvalue weighted by atomic mass is 32.2. The van der Waals surface area contributed by atoms with Crippen LogP contribution in [0.4, 0.5) is 10.1 Å². The molecule has 0 fully saturated rings. The fraction of sp³-hybridized carbons (Fsp3) is 0.200. The van der Waals surface area contributed by atoms with E-state index in [9.17, 15) is 9.18 Å². The molecule has 7 heteroatoms. The molecule has 0 bridgehead atoms. The molecule has 0 aliphatic rings. The van der Waals surface area contributed by atoms with E-state index in [-0.39, 0.29) is 18.1 Å². The van der Waals surface area contributed by atoms with Crippen LogP contribution in [0.5, 0.6) is 5.75 Å². The summed E-state index contributed by atoms with van der Waals surface area (Å²) in [6, 6.07) is 13.7. The third-order valence-electron chi connectivity index (χ3n) is 3.60. The zero-order valence-corrected chi connectivity index (χ0v) is 16.4. The summed E-state index contributed by atoms with van der Waals surface area (Å²) in [6.45, 7) is 2.53. The van der Waals surface area contributed by atoms with Crippen LogP contribution in [-0.2, 0) is 17.0 Å². The molecule has 1 aromatic heterocycles. The predicted octanol–water partition coefficient (Wildman–Crippen LogP) is 5.15. The fourth-order valence-electron chi connectivity index (χ4n) is 2.33. The molecule has 2 aromatic carbocycles. The minimum absolute atomic E-state index is 0.112. The Hall–Kier alpha value is -2.38. The summed E-state index contributed by atoms with van der Waals surface area (Å²) < 4.78 is 19.2. The van der Waals surface area contributed by atoms with Gasteiger partial charge in [0.1, 0.15) is 15.9 Å². The van der Waals surface area contributed by atoms with Crippen molar-refractivity contribution >= 4 is 34.7 Å². The number of thiazole rings is 1. The lowest BCUT2D eigenvalue weighted by molar-refractivity contribution is -0.115. The first-order valence-corrected chi connectivity index (χ1v) is 10.3. The van der Waals surface area contributed by atoms with E-state index in [4.69, 9.17) is 4.74 Å². The smallest absolute Gasteiger partial charge is 0.230 e. The summed E-state index contributed by atoms with van der Waals surface area (Å²) in [4.78, 5) is 16.7. The van der Waals surface area contributed by atoms with Crippen molar-refractivity contribution in [3.63, 3.8) is 0 Å². The van der Waals surface area contributed by atoms with Crippen molar-refractivity contribution in [2.45, 2.75) is 23.4 Å². The van der Waals surface area contributed by atoms with Gasteiger partial charge in [-0.1, -0.05) is 23.9 Å².